The zero-order chi connectivity index (χ0) is 11.4. The van der Waals surface area contributed by atoms with Crippen molar-refractivity contribution in [3.8, 4) is 0 Å². The van der Waals surface area contributed by atoms with Gasteiger partial charge in [0.05, 0.1) is 0 Å². The molecule has 0 bridgehead atoms. The molecule has 0 aromatic heterocycles. The molecule has 0 atom stereocenters. The van der Waals surface area contributed by atoms with Crippen LogP contribution in [0, 0.1) is 6.07 Å². The van der Waals surface area contributed by atoms with Gasteiger partial charge < -0.3 is 0 Å². The summed E-state index contributed by atoms with van der Waals surface area (Å²) in [5.41, 5.74) is 2.58. The van der Waals surface area contributed by atoms with Gasteiger partial charge in [0.25, 0.3) is 0 Å². The molecule has 0 aliphatic heterocycles. The van der Waals surface area contributed by atoms with Crippen molar-refractivity contribution in [3.63, 3.8) is 0 Å². The molecule has 2 aromatic rings. The van der Waals surface area contributed by atoms with Crippen molar-refractivity contribution in [3.05, 3.63) is 68.6 Å². The van der Waals surface area contributed by atoms with E-state index in [2.05, 4.69) is 62.2 Å². The van der Waals surface area contributed by atoms with Crippen LogP contribution in [0.5, 0.6) is 0 Å². The van der Waals surface area contributed by atoms with Crippen LogP contribution in [0.2, 0.25) is 0 Å². The van der Waals surface area contributed by atoms with E-state index in [0.29, 0.717) is 0 Å². The molecule has 0 saturated heterocycles. The first kappa shape index (κ1) is 11.9. The first-order valence-corrected chi connectivity index (χ1v) is 6.74. The van der Waals surface area contributed by atoms with Gasteiger partial charge in [0.1, 0.15) is 0 Å². The highest BCUT2D eigenvalue weighted by Crippen LogP contribution is 2.22. The van der Waals surface area contributed by atoms with Gasteiger partial charge in [-0.3, -0.25) is 0 Å². The van der Waals surface area contributed by atoms with Gasteiger partial charge in [-0.25, -0.2) is 0 Å². The Balaban J connectivity index is 2.08. The zero-order valence-corrected chi connectivity index (χ0v) is 11.9. The second-order valence-electron chi connectivity index (χ2n) is 3.62. The Bertz CT molecular complexity index is 463. The molecule has 0 unspecified atom stereocenters. The lowest BCUT2D eigenvalue weighted by atomic mass is 10.0. The molecule has 0 nitrogen and oxygen atoms in total. The van der Waals surface area contributed by atoms with Crippen LogP contribution >= 0.6 is 31.9 Å². The van der Waals surface area contributed by atoms with Crippen LogP contribution in [0.25, 0.3) is 0 Å². The highest BCUT2D eigenvalue weighted by Gasteiger charge is 2.01. The van der Waals surface area contributed by atoms with E-state index in [-0.39, 0.29) is 0 Å². The summed E-state index contributed by atoms with van der Waals surface area (Å²) >= 11 is 7.07. The van der Waals surface area contributed by atoms with E-state index in [9.17, 15) is 0 Å². The summed E-state index contributed by atoms with van der Waals surface area (Å²) < 4.78 is 2.30. The van der Waals surface area contributed by atoms with Crippen LogP contribution in [0.4, 0.5) is 0 Å². The van der Waals surface area contributed by atoms with Crippen LogP contribution < -0.4 is 0 Å². The van der Waals surface area contributed by atoms with Crippen LogP contribution in [-0.2, 0) is 12.8 Å². The van der Waals surface area contributed by atoms with Crippen molar-refractivity contribution in [1.82, 2.24) is 0 Å². The topological polar surface area (TPSA) is 0 Å². The maximum Gasteiger partial charge on any atom is 0.0208 e. The first-order chi connectivity index (χ1) is 7.75. The predicted octanol–water partition coefficient (Wildman–Crippen LogP) is 4.80. The maximum absolute atomic E-state index is 3.57. The van der Waals surface area contributed by atoms with Crippen molar-refractivity contribution in [2.75, 3.05) is 0 Å². The summed E-state index contributed by atoms with van der Waals surface area (Å²) in [6.45, 7) is 0. The minimum atomic E-state index is 1.02. The molecule has 0 heterocycles. The Labute approximate surface area is 113 Å². The van der Waals surface area contributed by atoms with Crippen molar-refractivity contribution in [2.45, 2.75) is 12.8 Å². The maximum atomic E-state index is 3.57. The fourth-order valence-electron chi connectivity index (χ4n) is 1.59. The molecule has 0 aliphatic rings. The van der Waals surface area contributed by atoms with E-state index in [4.69, 9.17) is 0 Å². The molecule has 2 heteroatoms. The largest absolute Gasteiger partial charge is 0.0620 e. The van der Waals surface area contributed by atoms with Gasteiger partial charge in [-0.2, -0.15) is 0 Å². The Morgan fingerprint density at radius 2 is 1.88 bits per heavy atom. The Morgan fingerprint density at radius 3 is 2.62 bits per heavy atom. The van der Waals surface area contributed by atoms with Gasteiger partial charge in [-0.05, 0) is 48.2 Å². The third-order valence-corrected chi connectivity index (χ3v) is 3.71. The normalized spacial score (nSPS) is 10.4. The minimum Gasteiger partial charge on any atom is -0.0620 e. The number of hydrogen-bond acceptors (Lipinski definition) is 0. The van der Waals surface area contributed by atoms with E-state index in [1.54, 1.807) is 0 Å². The van der Waals surface area contributed by atoms with Crippen LogP contribution in [0.15, 0.2) is 51.4 Å². The average molecular weight is 339 g/mol. The smallest absolute Gasteiger partial charge is 0.0208 e. The number of rotatable bonds is 3. The lowest BCUT2D eigenvalue weighted by Crippen LogP contribution is -1.92. The molecule has 0 aliphatic carbocycles. The minimum absolute atomic E-state index is 1.02. The van der Waals surface area contributed by atoms with E-state index < -0.39 is 0 Å². The highest BCUT2D eigenvalue weighted by molar-refractivity contribution is 9.11. The third-order valence-electron chi connectivity index (χ3n) is 2.44. The summed E-state index contributed by atoms with van der Waals surface area (Å²) in [5.74, 6) is 0. The zero-order valence-electron chi connectivity index (χ0n) is 8.71. The molecule has 0 amide bonds. The van der Waals surface area contributed by atoms with E-state index in [1.165, 1.54) is 15.6 Å². The Morgan fingerprint density at radius 1 is 1.00 bits per heavy atom. The van der Waals surface area contributed by atoms with Crippen molar-refractivity contribution in [2.24, 2.45) is 0 Å². The summed E-state index contributed by atoms with van der Waals surface area (Å²) in [7, 11) is 0. The SMILES string of the molecule is Brc1ccc(Br)c(CCc2[c]cccc2)c1. The second kappa shape index (κ2) is 5.65. The summed E-state index contributed by atoms with van der Waals surface area (Å²) in [4.78, 5) is 0. The first-order valence-electron chi connectivity index (χ1n) is 5.15. The number of hydrogen-bond donors (Lipinski definition) is 0. The van der Waals surface area contributed by atoms with Crippen molar-refractivity contribution < 1.29 is 0 Å². The van der Waals surface area contributed by atoms with E-state index in [0.717, 1.165) is 17.3 Å². The lowest BCUT2D eigenvalue weighted by Gasteiger charge is -2.05. The Kier molecular flexibility index (Phi) is 4.19. The molecule has 0 fully saturated rings. The molecule has 0 spiro atoms. The highest BCUT2D eigenvalue weighted by atomic mass is 79.9. The predicted molar refractivity (Wildman–Crippen MR) is 74.5 cm³/mol. The third kappa shape index (κ3) is 3.19. The summed E-state index contributed by atoms with van der Waals surface area (Å²) in [5, 5.41) is 0. The van der Waals surface area contributed by atoms with Crippen LogP contribution in [0.1, 0.15) is 11.1 Å². The lowest BCUT2D eigenvalue weighted by molar-refractivity contribution is 0.952. The van der Waals surface area contributed by atoms with E-state index in [1.807, 2.05) is 18.2 Å². The van der Waals surface area contributed by atoms with Gasteiger partial charge >= 0.3 is 0 Å². The molecule has 0 N–H and O–H groups in total. The molecule has 0 saturated carbocycles. The molecular formula is C14H11Br2. The number of benzene rings is 2. The average Bonchev–Trinajstić information content (AvgIpc) is 2.32. The van der Waals surface area contributed by atoms with Crippen molar-refractivity contribution in [1.29, 1.82) is 0 Å². The van der Waals surface area contributed by atoms with Gasteiger partial charge in [-0.1, -0.05) is 56.1 Å². The van der Waals surface area contributed by atoms with Gasteiger partial charge in [0, 0.05) is 8.95 Å². The van der Waals surface area contributed by atoms with Crippen LogP contribution in [-0.4, -0.2) is 0 Å². The van der Waals surface area contributed by atoms with Crippen molar-refractivity contribution >= 4 is 31.9 Å². The number of halogens is 2. The second-order valence-corrected chi connectivity index (χ2v) is 5.39. The molecule has 2 aromatic carbocycles. The number of aryl methyl sites for hydroxylation is 2. The molecule has 1 radical (unpaired) electrons. The van der Waals surface area contributed by atoms with E-state index >= 15 is 0 Å². The van der Waals surface area contributed by atoms with Gasteiger partial charge in [-0.15, -0.1) is 0 Å². The fraction of sp³-hybridized carbons (Fsp3) is 0.143. The van der Waals surface area contributed by atoms with Gasteiger partial charge in [0.2, 0.25) is 0 Å². The molecule has 2 rings (SSSR count). The van der Waals surface area contributed by atoms with Crippen LogP contribution in [0.3, 0.4) is 0 Å². The monoisotopic (exact) mass is 337 g/mol. The fourth-order valence-corrected chi connectivity index (χ4v) is 2.44. The quantitative estimate of drug-likeness (QED) is 0.754. The summed E-state index contributed by atoms with van der Waals surface area (Å²) in [6, 6.07) is 17.7. The molecule has 16 heavy (non-hydrogen) atoms. The Hall–Kier alpha value is -0.600. The van der Waals surface area contributed by atoms with Gasteiger partial charge in [0.15, 0.2) is 0 Å². The standard InChI is InChI=1S/C14H11Br2/c15-13-8-9-14(16)12(10-13)7-6-11-4-2-1-3-5-11/h1-4,8-10H,6-7H2. The molecular weight excluding hydrogens is 328 g/mol. The molecule has 81 valence electrons. The summed E-state index contributed by atoms with van der Waals surface area (Å²) in [6.07, 6.45) is 2.05.